The summed E-state index contributed by atoms with van der Waals surface area (Å²) in [6, 6.07) is 9.22. The highest BCUT2D eigenvalue weighted by Gasteiger charge is 2.14. The van der Waals surface area contributed by atoms with E-state index >= 15 is 0 Å². The van der Waals surface area contributed by atoms with E-state index < -0.39 is 0 Å². The van der Waals surface area contributed by atoms with Gasteiger partial charge in [-0.1, -0.05) is 23.2 Å². The first-order valence-corrected chi connectivity index (χ1v) is 7.05. The molecule has 0 amide bonds. The Labute approximate surface area is 120 Å². The first kappa shape index (κ1) is 13.7. The standard InChI is InChI=1S/C13H13Cl2NOS/c1-8-2-3-13(18-8)12(7-16)17-11-5-9(14)4-10(15)6-11/h2-6,12H,7,16H2,1H3. The van der Waals surface area contributed by atoms with Crippen LogP contribution in [0.2, 0.25) is 10.0 Å². The average molecular weight is 302 g/mol. The molecule has 0 saturated heterocycles. The lowest BCUT2D eigenvalue weighted by atomic mass is 10.2. The van der Waals surface area contributed by atoms with Crippen molar-refractivity contribution in [2.24, 2.45) is 5.73 Å². The van der Waals surface area contributed by atoms with Crippen LogP contribution in [0.4, 0.5) is 0 Å². The van der Waals surface area contributed by atoms with Gasteiger partial charge in [-0.25, -0.2) is 0 Å². The van der Waals surface area contributed by atoms with Gasteiger partial charge in [-0.3, -0.25) is 0 Å². The van der Waals surface area contributed by atoms with Gasteiger partial charge in [0.05, 0.1) is 0 Å². The predicted octanol–water partition coefficient (Wildman–Crippen LogP) is 4.44. The van der Waals surface area contributed by atoms with E-state index in [-0.39, 0.29) is 6.10 Å². The van der Waals surface area contributed by atoms with Crippen LogP contribution in [0.1, 0.15) is 15.9 Å². The topological polar surface area (TPSA) is 35.2 Å². The van der Waals surface area contributed by atoms with Crippen molar-refractivity contribution in [3.8, 4) is 5.75 Å². The zero-order chi connectivity index (χ0) is 13.1. The van der Waals surface area contributed by atoms with Crippen molar-refractivity contribution in [2.75, 3.05) is 6.54 Å². The summed E-state index contributed by atoms with van der Waals surface area (Å²) in [5.74, 6) is 0.633. The van der Waals surface area contributed by atoms with Gasteiger partial charge >= 0.3 is 0 Å². The Balaban J connectivity index is 2.20. The molecule has 1 aromatic carbocycles. The fourth-order valence-corrected chi connectivity index (χ4v) is 3.04. The highest BCUT2D eigenvalue weighted by molar-refractivity contribution is 7.12. The summed E-state index contributed by atoms with van der Waals surface area (Å²) in [7, 11) is 0. The number of hydrogen-bond donors (Lipinski definition) is 1. The molecule has 1 aromatic heterocycles. The monoisotopic (exact) mass is 301 g/mol. The Kier molecular flexibility index (Phi) is 4.51. The van der Waals surface area contributed by atoms with Gasteiger partial charge in [-0.05, 0) is 37.3 Å². The number of rotatable bonds is 4. The minimum absolute atomic E-state index is 0.168. The smallest absolute Gasteiger partial charge is 0.145 e. The van der Waals surface area contributed by atoms with Gasteiger partial charge in [0.1, 0.15) is 11.9 Å². The molecule has 1 unspecified atom stereocenters. The molecule has 96 valence electrons. The second-order valence-corrected chi connectivity index (χ2v) is 6.09. The zero-order valence-corrected chi connectivity index (χ0v) is 12.1. The van der Waals surface area contributed by atoms with Crippen molar-refractivity contribution in [1.82, 2.24) is 0 Å². The maximum absolute atomic E-state index is 5.93. The zero-order valence-electron chi connectivity index (χ0n) is 9.82. The number of aryl methyl sites for hydroxylation is 1. The Morgan fingerprint density at radius 2 is 1.89 bits per heavy atom. The summed E-state index contributed by atoms with van der Waals surface area (Å²) in [5.41, 5.74) is 5.75. The fourth-order valence-electron chi connectivity index (χ4n) is 1.61. The lowest BCUT2D eigenvalue weighted by molar-refractivity contribution is 0.218. The minimum Gasteiger partial charge on any atom is -0.483 e. The molecule has 1 atom stereocenters. The molecule has 1 heterocycles. The lowest BCUT2D eigenvalue weighted by Gasteiger charge is -2.16. The molecule has 0 spiro atoms. The quantitative estimate of drug-likeness (QED) is 0.906. The van der Waals surface area contributed by atoms with E-state index in [0.29, 0.717) is 22.3 Å². The van der Waals surface area contributed by atoms with Crippen LogP contribution in [0.15, 0.2) is 30.3 Å². The number of ether oxygens (including phenoxy) is 1. The van der Waals surface area contributed by atoms with Crippen LogP contribution in [0.5, 0.6) is 5.75 Å². The van der Waals surface area contributed by atoms with E-state index in [4.69, 9.17) is 33.7 Å². The third-order valence-electron chi connectivity index (χ3n) is 2.41. The molecule has 0 saturated carbocycles. The molecule has 5 heteroatoms. The molecule has 0 aliphatic heterocycles. The molecule has 18 heavy (non-hydrogen) atoms. The number of halogens is 2. The summed E-state index contributed by atoms with van der Waals surface area (Å²) in [4.78, 5) is 2.34. The number of benzene rings is 1. The Morgan fingerprint density at radius 1 is 1.22 bits per heavy atom. The molecule has 0 aliphatic carbocycles. The van der Waals surface area contributed by atoms with Crippen molar-refractivity contribution < 1.29 is 4.74 Å². The van der Waals surface area contributed by atoms with Gasteiger partial charge in [0.15, 0.2) is 0 Å². The van der Waals surface area contributed by atoms with Crippen LogP contribution in [-0.2, 0) is 0 Å². The van der Waals surface area contributed by atoms with E-state index in [0.717, 1.165) is 4.88 Å². The van der Waals surface area contributed by atoms with Crippen molar-refractivity contribution in [1.29, 1.82) is 0 Å². The van der Waals surface area contributed by atoms with Gasteiger partial charge in [0.25, 0.3) is 0 Å². The molecule has 0 radical (unpaired) electrons. The van der Waals surface area contributed by atoms with Crippen LogP contribution < -0.4 is 10.5 Å². The van der Waals surface area contributed by atoms with Crippen molar-refractivity contribution in [3.05, 3.63) is 50.1 Å². The third kappa shape index (κ3) is 3.39. The minimum atomic E-state index is -0.168. The van der Waals surface area contributed by atoms with Crippen molar-refractivity contribution >= 4 is 34.5 Å². The van der Waals surface area contributed by atoms with E-state index in [9.17, 15) is 0 Å². The lowest BCUT2D eigenvalue weighted by Crippen LogP contribution is -2.17. The maximum atomic E-state index is 5.93. The molecule has 0 fully saturated rings. The van der Waals surface area contributed by atoms with E-state index in [1.807, 2.05) is 6.07 Å². The predicted molar refractivity (Wildman–Crippen MR) is 77.9 cm³/mol. The highest BCUT2D eigenvalue weighted by Crippen LogP contribution is 2.30. The summed E-state index contributed by atoms with van der Waals surface area (Å²) in [5, 5.41) is 1.10. The third-order valence-corrected chi connectivity index (χ3v) is 3.94. The average Bonchev–Trinajstić information content (AvgIpc) is 2.71. The molecule has 2 aromatic rings. The van der Waals surface area contributed by atoms with E-state index in [1.165, 1.54) is 4.88 Å². The molecular formula is C13H13Cl2NOS. The molecular weight excluding hydrogens is 289 g/mol. The summed E-state index contributed by atoms with van der Waals surface area (Å²) in [6.45, 7) is 2.46. The van der Waals surface area contributed by atoms with Crippen LogP contribution in [-0.4, -0.2) is 6.54 Å². The van der Waals surface area contributed by atoms with Gasteiger partial charge < -0.3 is 10.5 Å². The molecule has 0 aliphatic rings. The maximum Gasteiger partial charge on any atom is 0.145 e. The van der Waals surface area contributed by atoms with Crippen LogP contribution in [0.25, 0.3) is 0 Å². The Morgan fingerprint density at radius 3 is 2.39 bits per heavy atom. The van der Waals surface area contributed by atoms with Crippen LogP contribution in [0.3, 0.4) is 0 Å². The first-order chi connectivity index (χ1) is 8.58. The number of hydrogen-bond acceptors (Lipinski definition) is 3. The normalized spacial score (nSPS) is 12.4. The van der Waals surface area contributed by atoms with E-state index in [2.05, 4.69) is 13.0 Å². The molecule has 2 N–H and O–H groups in total. The van der Waals surface area contributed by atoms with Gasteiger partial charge in [-0.2, -0.15) is 0 Å². The molecule has 2 rings (SSSR count). The number of nitrogens with two attached hydrogens (primary N) is 1. The second-order valence-electron chi connectivity index (χ2n) is 3.90. The summed E-state index contributed by atoms with van der Waals surface area (Å²) in [6.07, 6.45) is -0.168. The van der Waals surface area contributed by atoms with Gasteiger partial charge in [0, 0.05) is 26.3 Å². The van der Waals surface area contributed by atoms with Crippen LogP contribution >= 0.6 is 34.5 Å². The van der Waals surface area contributed by atoms with Gasteiger partial charge in [0.2, 0.25) is 0 Å². The summed E-state index contributed by atoms with van der Waals surface area (Å²) >= 11 is 13.5. The molecule has 2 nitrogen and oxygen atoms in total. The SMILES string of the molecule is Cc1ccc(C(CN)Oc2cc(Cl)cc(Cl)c2)s1. The van der Waals surface area contributed by atoms with Crippen LogP contribution in [0, 0.1) is 6.92 Å². The fraction of sp³-hybridized carbons (Fsp3) is 0.231. The Hall–Kier alpha value is -0.740. The highest BCUT2D eigenvalue weighted by atomic mass is 35.5. The second kappa shape index (κ2) is 5.93. The van der Waals surface area contributed by atoms with Gasteiger partial charge in [-0.15, -0.1) is 11.3 Å². The first-order valence-electron chi connectivity index (χ1n) is 5.47. The van der Waals surface area contributed by atoms with Crippen molar-refractivity contribution in [3.63, 3.8) is 0 Å². The molecule has 0 bridgehead atoms. The number of thiophene rings is 1. The van der Waals surface area contributed by atoms with Crippen molar-refractivity contribution in [2.45, 2.75) is 13.0 Å². The Bertz CT molecular complexity index is 521. The largest absolute Gasteiger partial charge is 0.483 e. The summed E-state index contributed by atoms with van der Waals surface area (Å²) < 4.78 is 5.84. The van der Waals surface area contributed by atoms with E-state index in [1.54, 1.807) is 29.5 Å².